The molecule has 1 aromatic heterocycles. The summed E-state index contributed by atoms with van der Waals surface area (Å²) in [6.45, 7) is -0.167. The van der Waals surface area contributed by atoms with E-state index in [9.17, 15) is 19.2 Å². The fraction of sp³-hybridized carbons (Fsp3) is 0.258. The number of hydrogen-bond donors (Lipinski definition) is 1. The summed E-state index contributed by atoms with van der Waals surface area (Å²) < 4.78 is 10.8. The van der Waals surface area contributed by atoms with Gasteiger partial charge >= 0.3 is 0 Å². The SMILES string of the molecule is O=C1C(=O)N(CC(=O)N(Cc2cccnc2)[C@@H](C(=O)Nc2ccc3c(c2)OCO3)[C@@H]2CC=CCC2)c2ccccc21. The average Bonchev–Trinajstić information content (AvgIpc) is 3.56. The molecular formula is C31H28N4O6. The molecule has 3 aromatic rings. The van der Waals surface area contributed by atoms with Crippen molar-refractivity contribution in [3.05, 3.63) is 90.3 Å². The number of ether oxygens (including phenoxy) is 2. The van der Waals surface area contributed by atoms with Crippen molar-refractivity contribution in [2.75, 3.05) is 23.6 Å². The van der Waals surface area contributed by atoms with Crippen molar-refractivity contribution in [3.63, 3.8) is 0 Å². The van der Waals surface area contributed by atoms with Crippen LogP contribution in [0.2, 0.25) is 0 Å². The fourth-order valence-corrected chi connectivity index (χ4v) is 5.57. The molecule has 0 saturated carbocycles. The van der Waals surface area contributed by atoms with Gasteiger partial charge in [0.1, 0.15) is 12.6 Å². The highest BCUT2D eigenvalue weighted by Crippen LogP contribution is 2.35. The van der Waals surface area contributed by atoms with Gasteiger partial charge in [-0.2, -0.15) is 0 Å². The monoisotopic (exact) mass is 552 g/mol. The molecule has 10 heteroatoms. The minimum atomic E-state index is -0.860. The van der Waals surface area contributed by atoms with Crippen molar-refractivity contribution in [2.24, 2.45) is 5.92 Å². The maximum absolute atomic E-state index is 14.1. The van der Waals surface area contributed by atoms with Crippen LogP contribution in [0.3, 0.4) is 0 Å². The first kappa shape index (κ1) is 26.2. The van der Waals surface area contributed by atoms with Crippen molar-refractivity contribution in [3.8, 4) is 11.5 Å². The van der Waals surface area contributed by atoms with Gasteiger partial charge in [-0.1, -0.05) is 30.4 Å². The van der Waals surface area contributed by atoms with Crippen LogP contribution in [0.15, 0.2) is 79.1 Å². The summed E-state index contributed by atoms with van der Waals surface area (Å²) in [7, 11) is 0. The molecule has 0 radical (unpaired) electrons. The molecule has 208 valence electrons. The Bertz CT molecular complexity index is 1540. The van der Waals surface area contributed by atoms with E-state index in [-0.39, 0.29) is 37.3 Å². The normalized spacial score (nSPS) is 17.8. The molecule has 41 heavy (non-hydrogen) atoms. The first-order chi connectivity index (χ1) is 20.0. The molecule has 3 amide bonds. The number of rotatable bonds is 8. The van der Waals surface area contributed by atoms with E-state index in [1.165, 1.54) is 9.80 Å². The summed E-state index contributed by atoms with van der Waals surface area (Å²) in [5.74, 6) is -1.27. The van der Waals surface area contributed by atoms with Gasteiger partial charge in [-0.25, -0.2) is 0 Å². The average molecular weight is 553 g/mol. The van der Waals surface area contributed by atoms with E-state index >= 15 is 0 Å². The largest absolute Gasteiger partial charge is 0.454 e. The number of aromatic nitrogens is 1. The van der Waals surface area contributed by atoms with E-state index in [1.54, 1.807) is 60.9 Å². The Labute approximate surface area is 236 Å². The number of nitrogens with one attached hydrogen (secondary N) is 1. The number of pyridine rings is 1. The number of carbonyl (C=O) groups is 4. The lowest BCUT2D eigenvalue weighted by molar-refractivity contribution is -0.140. The molecule has 6 rings (SSSR count). The zero-order valence-electron chi connectivity index (χ0n) is 22.2. The quantitative estimate of drug-likeness (QED) is 0.334. The second-order valence-electron chi connectivity index (χ2n) is 10.2. The van der Waals surface area contributed by atoms with Crippen LogP contribution in [0.4, 0.5) is 11.4 Å². The van der Waals surface area contributed by atoms with Crippen molar-refractivity contribution in [2.45, 2.75) is 31.8 Å². The van der Waals surface area contributed by atoms with Crippen LogP contribution < -0.4 is 19.7 Å². The van der Waals surface area contributed by atoms with E-state index in [0.717, 1.165) is 12.0 Å². The lowest BCUT2D eigenvalue weighted by atomic mass is 9.85. The Hall–Kier alpha value is -4.99. The fourth-order valence-electron chi connectivity index (χ4n) is 5.57. The predicted molar refractivity (Wildman–Crippen MR) is 149 cm³/mol. The van der Waals surface area contributed by atoms with Gasteiger partial charge in [-0.15, -0.1) is 0 Å². The number of benzene rings is 2. The van der Waals surface area contributed by atoms with Crippen molar-refractivity contribution < 1.29 is 28.7 Å². The Kier molecular flexibility index (Phi) is 7.20. The van der Waals surface area contributed by atoms with Gasteiger partial charge in [-0.3, -0.25) is 29.1 Å². The van der Waals surface area contributed by atoms with E-state index < -0.39 is 23.6 Å². The number of nitrogens with zero attached hydrogens (tertiary/aromatic N) is 3. The number of para-hydroxylation sites is 1. The summed E-state index contributed by atoms with van der Waals surface area (Å²) >= 11 is 0. The highest BCUT2D eigenvalue weighted by atomic mass is 16.7. The van der Waals surface area contributed by atoms with Crippen molar-refractivity contribution >= 4 is 34.9 Å². The van der Waals surface area contributed by atoms with Crippen LogP contribution >= 0.6 is 0 Å². The van der Waals surface area contributed by atoms with Crippen LogP contribution in [0.25, 0.3) is 0 Å². The number of amides is 3. The highest BCUT2D eigenvalue weighted by molar-refractivity contribution is 6.52. The maximum atomic E-state index is 14.1. The number of hydrogen-bond acceptors (Lipinski definition) is 7. The van der Waals surface area contributed by atoms with E-state index in [1.807, 2.05) is 12.1 Å². The van der Waals surface area contributed by atoms with Gasteiger partial charge in [0.05, 0.1) is 11.3 Å². The number of fused-ring (bicyclic) bond motifs is 2. The van der Waals surface area contributed by atoms with Crippen LogP contribution in [0.5, 0.6) is 11.5 Å². The number of ketones is 1. The Morgan fingerprint density at radius 1 is 1.05 bits per heavy atom. The van der Waals surface area contributed by atoms with Gasteiger partial charge in [0, 0.05) is 30.7 Å². The topological polar surface area (TPSA) is 118 Å². The molecule has 1 N–H and O–H groups in total. The van der Waals surface area contributed by atoms with E-state index in [2.05, 4.69) is 16.4 Å². The Morgan fingerprint density at radius 2 is 1.90 bits per heavy atom. The highest BCUT2D eigenvalue weighted by Gasteiger charge is 2.41. The van der Waals surface area contributed by atoms with Gasteiger partial charge in [0.2, 0.25) is 18.6 Å². The van der Waals surface area contributed by atoms with E-state index in [4.69, 9.17) is 9.47 Å². The molecule has 1 aliphatic carbocycles. The zero-order chi connectivity index (χ0) is 28.3. The molecule has 0 saturated heterocycles. The minimum Gasteiger partial charge on any atom is -0.454 e. The summed E-state index contributed by atoms with van der Waals surface area (Å²) in [6.07, 6.45) is 9.48. The molecule has 3 heterocycles. The molecule has 0 bridgehead atoms. The molecular weight excluding hydrogens is 524 g/mol. The summed E-state index contributed by atoms with van der Waals surface area (Å²) in [5.41, 5.74) is 1.90. The van der Waals surface area contributed by atoms with Gasteiger partial charge < -0.3 is 19.7 Å². The molecule has 2 aliphatic heterocycles. The third kappa shape index (κ3) is 5.28. The smallest absolute Gasteiger partial charge is 0.299 e. The standard InChI is InChI=1S/C31H28N4O6/c36-27(18-34-24-11-5-4-10-23(24)29(37)31(34)39)35(17-20-7-6-14-32-16-20)28(21-8-2-1-3-9-21)30(38)33-22-12-13-25-26(15-22)41-19-40-25/h1-2,4-7,10-16,21,28H,3,8-9,17-19H2,(H,33,38)/t21-,28-/m1/s1. The van der Waals surface area contributed by atoms with Crippen LogP contribution in [-0.4, -0.2) is 52.8 Å². The lowest BCUT2D eigenvalue weighted by Gasteiger charge is -2.37. The second kappa shape index (κ2) is 11.2. The number of Topliss-reactive ketones (excluding diaryl/α,β-unsaturated/α-hetero) is 1. The first-order valence-corrected chi connectivity index (χ1v) is 13.5. The molecule has 0 unspecified atom stereocenters. The van der Waals surface area contributed by atoms with Gasteiger partial charge in [-0.05, 0) is 61.1 Å². The first-order valence-electron chi connectivity index (χ1n) is 13.5. The number of carbonyl (C=O) groups excluding carboxylic acids is 4. The summed E-state index contributed by atoms with van der Waals surface area (Å²) in [5, 5.41) is 2.97. The maximum Gasteiger partial charge on any atom is 0.299 e. The summed E-state index contributed by atoms with van der Waals surface area (Å²) in [4.78, 5) is 60.6. The predicted octanol–water partition coefficient (Wildman–Crippen LogP) is 3.73. The third-order valence-electron chi connectivity index (χ3n) is 7.57. The van der Waals surface area contributed by atoms with Crippen LogP contribution in [-0.2, 0) is 20.9 Å². The third-order valence-corrected chi connectivity index (χ3v) is 7.57. The minimum absolute atomic E-state index is 0.101. The van der Waals surface area contributed by atoms with Gasteiger partial charge in [0.15, 0.2) is 11.5 Å². The molecule has 10 nitrogen and oxygen atoms in total. The summed E-state index contributed by atoms with van der Waals surface area (Å²) in [6, 6.07) is 14.5. The Morgan fingerprint density at radius 3 is 2.71 bits per heavy atom. The zero-order valence-corrected chi connectivity index (χ0v) is 22.2. The molecule has 0 spiro atoms. The van der Waals surface area contributed by atoms with Crippen LogP contribution in [0, 0.1) is 5.92 Å². The van der Waals surface area contributed by atoms with Crippen molar-refractivity contribution in [1.82, 2.24) is 9.88 Å². The van der Waals surface area contributed by atoms with Crippen LogP contribution in [0.1, 0.15) is 35.2 Å². The number of anilines is 2. The molecule has 3 aliphatic rings. The number of allylic oxidation sites excluding steroid dienone is 2. The second-order valence-corrected chi connectivity index (χ2v) is 10.2. The molecule has 2 aromatic carbocycles. The Balaban J connectivity index is 1.33. The van der Waals surface area contributed by atoms with E-state index in [0.29, 0.717) is 35.7 Å². The lowest BCUT2D eigenvalue weighted by Crippen LogP contribution is -2.54. The van der Waals surface area contributed by atoms with Crippen molar-refractivity contribution in [1.29, 1.82) is 0 Å². The van der Waals surface area contributed by atoms with Gasteiger partial charge in [0.25, 0.3) is 11.7 Å². The molecule has 0 fully saturated rings. The molecule has 2 atom stereocenters.